The molecule has 0 bridgehead atoms. The van der Waals surface area contributed by atoms with Gasteiger partial charge in [-0.1, -0.05) is 27.3 Å². The van der Waals surface area contributed by atoms with Crippen LogP contribution in [0.2, 0.25) is 0 Å². The Bertz CT molecular complexity index is 375. The number of nitrogens with one attached hydrogen (secondary N) is 1. The second kappa shape index (κ2) is 4.65. The van der Waals surface area contributed by atoms with E-state index in [-0.39, 0.29) is 17.0 Å². The molecule has 0 saturated heterocycles. The molecular weight excluding hydrogens is 268 g/mol. The first kappa shape index (κ1) is 11.3. The summed E-state index contributed by atoms with van der Waals surface area (Å²) in [6, 6.07) is 0. The summed E-state index contributed by atoms with van der Waals surface area (Å²) >= 11 is 4.22. The Hall–Kier alpha value is -0.750. The van der Waals surface area contributed by atoms with Crippen molar-refractivity contribution in [3.63, 3.8) is 0 Å². The topological polar surface area (TPSA) is 59.1 Å². The number of hydrogen-bond acceptors (Lipinski definition) is 4. The Kier molecular flexibility index (Phi) is 3.77. The van der Waals surface area contributed by atoms with Crippen molar-refractivity contribution in [2.24, 2.45) is 0 Å². The molecule has 0 fully saturated rings. The standard InChI is InChI=1S/C8H9BrN2O2S/c1-4-7(5(2)12)14-8(10-4)11-6(13)3-9/h3H2,1-2H3,(H,10,11,13). The summed E-state index contributed by atoms with van der Waals surface area (Å²) in [7, 11) is 0. The largest absolute Gasteiger partial charge is 0.301 e. The van der Waals surface area contributed by atoms with Crippen LogP contribution in [0.3, 0.4) is 0 Å². The molecule has 0 aliphatic carbocycles. The molecule has 0 aliphatic rings. The molecule has 0 atom stereocenters. The second-order valence-electron chi connectivity index (χ2n) is 2.67. The molecule has 1 N–H and O–H groups in total. The number of rotatable bonds is 3. The first-order valence-electron chi connectivity index (χ1n) is 3.88. The predicted octanol–water partition coefficient (Wildman–Crippen LogP) is 1.99. The Morgan fingerprint density at radius 1 is 1.57 bits per heavy atom. The smallest absolute Gasteiger partial charge is 0.236 e. The van der Waals surface area contributed by atoms with Gasteiger partial charge in [-0.3, -0.25) is 9.59 Å². The molecule has 6 heteroatoms. The number of nitrogens with zero attached hydrogens (tertiary/aromatic N) is 1. The highest BCUT2D eigenvalue weighted by atomic mass is 79.9. The van der Waals surface area contributed by atoms with Crippen LogP contribution in [0.25, 0.3) is 0 Å². The summed E-state index contributed by atoms with van der Waals surface area (Å²) in [5.41, 5.74) is 0.660. The van der Waals surface area contributed by atoms with Gasteiger partial charge in [0, 0.05) is 6.92 Å². The molecule has 14 heavy (non-hydrogen) atoms. The summed E-state index contributed by atoms with van der Waals surface area (Å²) in [5, 5.41) is 3.27. The lowest BCUT2D eigenvalue weighted by molar-refractivity contribution is -0.113. The number of carbonyl (C=O) groups excluding carboxylic acids is 2. The molecule has 1 amide bonds. The SMILES string of the molecule is CC(=O)c1sc(NC(=O)CBr)nc1C. The molecule has 1 rings (SSSR count). The fourth-order valence-corrected chi connectivity index (χ4v) is 1.95. The van der Waals surface area contributed by atoms with Crippen LogP contribution in [0.4, 0.5) is 5.13 Å². The zero-order chi connectivity index (χ0) is 10.7. The third-order valence-electron chi connectivity index (χ3n) is 1.48. The highest BCUT2D eigenvalue weighted by Gasteiger charge is 2.12. The number of ketones is 1. The maximum absolute atomic E-state index is 11.1. The Labute approximate surface area is 93.9 Å². The van der Waals surface area contributed by atoms with E-state index in [4.69, 9.17) is 0 Å². The van der Waals surface area contributed by atoms with Gasteiger partial charge in [0.2, 0.25) is 5.91 Å². The maximum Gasteiger partial charge on any atom is 0.236 e. The molecular formula is C8H9BrN2O2S. The third-order valence-corrected chi connectivity index (χ3v) is 3.17. The number of carbonyl (C=O) groups is 2. The molecule has 1 aromatic rings. The first-order chi connectivity index (χ1) is 6.54. The second-order valence-corrected chi connectivity index (χ2v) is 4.23. The minimum atomic E-state index is -0.172. The van der Waals surface area contributed by atoms with E-state index in [2.05, 4.69) is 26.2 Å². The average molecular weight is 277 g/mol. The van der Waals surface area contributed by atoms with E-state index in [9.17, 15) is 9.59 Å². The molecule has 0 saturated carbocycles. The van der Waals surface area contributed by atoms with Gasteiger partial charge in [-0.25, -0.2) is 4.98 Å². The van der Waals surface area contributed by atoms with Gasteiger partial charge in [0.15, 0.2) is 10.9 Å². The molecule has 4 nitrogen and oxygen atoms in total. The molecule has 0 spiro atoms. The zero-order valence-electron chi connectivity index (χ0n) is 7.76. The highest BCUT2D eigenvalue weighted by molar-refractivity contribution is 9.09. The number of thiazole rings is 1. The van der Waals surface area contributed by atoms with Crippen LogP contribution in [0, 0.1) is 6.92 Å². The summed E-state index contributed by atoms with van der Waals surface area (Å²) in [5.74, 6) is -0.201. The number of alkyl halides is 1. The molecule has 0 radical (unpaired) electrons. The molecule has 1 heterocycles. The molecule has 0 unspecified atom stereocenters. The van der Waals surface area contributed by atoms with Gasteiger partial charge in [-0.2, -0.15) is 0 Å². The summed E-state index contributed by atoms with van der Waals surface area (Å²) in [6.45, 7) is 3.23. The fourth-order valence-electron chi connectivity index (χ4n) is 0.929. The van der Waals surface area contributed by atoms with E-state index >= 15 is 0 Å². The van der Waals surface area contributed by atoms with Gasteiger partial charge >= 0.3 is 0 Å². The molecule has 76 valence electrons. The molecule has 0 aromatic carbocycles. The van der Waals surface area contributed by atoms with Crippen molar-refractivity contribution in [1.82, 2.24) is 4.98 Å². The summed E-state index contributed by atoms with van der Waals surface area (Å²) < 4.78 is 0. The van der Waals surface area contributed by atoms with Gasteiger partial charge < -0.3 is 5.32 Å². The van der Waals surface area contributed by atoms with Crippen LogP contribution in [-0.2, 0) is 4.79 Å². The zero-order valence-corrected chi connectivity index (χ0v) is 10.2. The van der Waals surface area contributed by atoms with E-state index in [1.807, 2.05) is 0 Å². The number of Topliss-reactive ketones (excluding diaryl/α,β-unsaturated/α-hetero) is 1. The number of halogens is 1. The first-order valence-corrected chi connectivity index (χ1v) is 5.82. The Balaban J connectivity index is 2.86. The Morgan fingerprint density at radius 2 is 2.21 bits per heavy atom. The van der Waals surface area contributed by atoms with Crippen molar-refractivity contribution in [1.29, 1.82) is 0 Å². The van der Waals surface area contributed by atoms with Crippen LogP contribution in [-0.4, -0.2) is 22.0 Å². The summed E-state index contributed by atoms with van der Waals surface area (Å²) in [6.07, 6.45) is 0. The minimum absolute atomic E-state index is 0.0284. The van der Waals surface area contributed by atoms with Crippen molar-refractivity contribution in [2.75, 3.05) is 10.6 Å². The number of anilines is 1. The number of aromatic nitrogens is 1. The van der Waals surface area contributed by atoms with E-state index < -0.39 is 0 Å². The van der Waals surface area contributed by atoms with E-state index in [1.54, 1.807) is 6.92 Å². The van der Waals surface area contributed by atoms with Crippen LogP contribution in [0.15, 0.2) is 0 Å². The summed E-state index contributed by atoms with van der Waals surface area (Å²) in [4.78, 5) is 26.7. The normalized spacial score (nSPS) is 9.93. The third kappa shape index (κ3) is 2.62. The van der Waals surface area contributed by atoms with Gasteiger partial charge in [0.25, 0.3) is 0 Å². The fraction of sp³-hybridized carbons (Fsp3) is 0.375. The van der Waals surface area contributed by atoms with Gasteiger partial charge in [0.05, 0.1) is 15.9 Å². The van der Waals surface area contributed by atoms with Crippen molar-refractivity contribution in [3.05, 3.63) is 10.6 Å². The lowest BCUT2D eigenvalue weighted by Gasteiger charge is -1.94. The van der Waals surface area contributed by atoms with Crippen molar-refractivity contribution in [2.45, 2.75) is 13.8 Å². The van der Waals surface area contributed by atoms with E-state index in [1.165, 1.54) is 18.3 Å². The lowest BCUT2D eigenvalue weighted by atomic mass is 10.3. The van der Waals surface area contributed by atoms with Crippen molar-refractivity contribution >= 4 is 44.1 Å². The van der Waals surface area contributed by atoms with Crippen LogP contribution in [0.5, 0.6) is 0 Å². The minimum Gasteiger partial charge on any atom is -0.301 e. The molecule has 1 aromatic heterocycles. The van der Waals surface area contributed by atoms with Crippen molar-refractivity contribution in [3.8, 4) is 0 Å². The van der Waals surface area contributed by atoms with Gasteiger partial charge in [-0.05, 0) is 6.92 Å². The average Bonchev–Trinajstić information content (AvgIpc) is 2.46. The quantitative estimate of drug-likeness (QED) is 0.679. The predicted molar refractivity (Wildman–Crippen MR) is 59.3 cm³/mol. The number of amides is 1. The van der Waals surface area contributed by atoms with Crippen LogP contribution in [0.1, 0.15) is 22.3 Å². The van der Waals surface area contributed by atoms with Crippen LogP contribution >= 0.6 is 27.3 Å². The van der Waals surface area contributed by atoms with Crippen LogP contribution < -0.4 is 5.32 Å². The van der Waals surface area contributed by atoms with Gasteiger partial charge in [-0.15, -0.1) is 0 Å². The highest BCUT2D eigenvalue weighted by Crippen LogP contribution is 2.22. The Morgan fingerprint density at radius 3 is 2.64 bits per heavy atom. The lowest BCUT2D eigenvalue weighted by Crippen LogP contribution is -2.11. The maximum atomic E-state index is 11.1. The number of aryl methyl sites for hydroxylation is 1. The molecule has 0 aliphatic heterocycles. The number of hydrogen-bond donors (Lipinski definition) is 1. The van der Waals surface area contributed by atoms with Gasteiger partial charge in [0.1, 0.15) is 0 Å². The van der Waals surface area contributed by atoms with E-state index in [0.29, 0.717) is 15.7 Å². The van der Waals surface area contributed by atoms with E-state index in [0.717, 1.165) is 0 Å². The van der Waals surface area contributed by atoms with Crippen molar-refractivity contribution < 1.29 is 9.59 Å². The monoisotopic (exact) mass is 276 g/mol.